The second-order valence-electron chi connectivity index (χ2n) is 5.60. The number of benzene rings is 1. The molecule has 0 bridgehead atoms. The Hall–Kier alpha value is -0.360. The minimum absolute atomic E-state index is 0. The lowest BCUT2D eigenvalue weighted by atomic mass is 10.1. The molecule has 0 unspecified atom stereocenters. The molecule has 122 valence electrons. The molecular weight excluding hydrogens is 336 g/mol. The SMILES string of the molecule is C[C@@H]1CNCCN1C(=O)c1ccc(C2SCCCS2)cc1.Cl. The molecule has 0 aromatic heterocycles. The molecule has 1 aromatic carbocycles. The van der Waals surface area contributed by atoms with Crippen molar-refractivity contribution < 1.29 is 4.79 Å². The number of carbonyl (C=O) groups excluding carboxylic acids is 1. The van der Waals surface area contributed by atoms with Crippen molar-refractivity contribution >= 4 is 41.8 Å². The van der Waals surface area contributed by atoms with Gasteiger partial charge >= 0.3 is 0 Å². The predicted molar refractivity (Wildman–Crippen MR) is 99.3 cm³/mol. The van der Waals surface area contributed by atoms with Crippen LogP contribution in [-0.2, 0) is 0 Å². The van der Waals surface area contributed by atoms with Crippen LogP contribution < -0.4 is 5.32 Å². The second kappa shape index (κ2) is 8.48. The van der Waals surface area contributed by atoms with Crippen LogP contribution in [0.25, 0.3) is 0 Å². The molecule has 1 amide bonds. The minimum Gasteiger partial charge on any atom is -0.333 e. The summed E-state index contributed by atoms with van der Waals surface area (Å²) in [5, 5.41) is 3.32. The summed E-state index contributed by atoms with van der Waals surface area (Å²) in [5.74, 6) is 2.66. The highest BCUT2D eigenvalue weighted by molar-refractivity contribution is 8.16. The number of halogens is 1. The smallest absolute Gasteiger partial charge is 0.254 e. The van der Waals surface area contributed by atoms with E-state index in [4.69, 9.17) is 0 Å². The van der Waals surface area contributed by atoms with Crippen LogP contribution in [0.2, 0.25) is 0 Å². The number of rotatable bonds is 2. The lowest BCUT2D eigenvalue weighted by Gasteiger charge is -2.34. The Morgan fingerprint density at radius 2 is 1.91 bits per heavy atom. The van der Waals surface area contributed by atoms with Crippen LogP contribution in [0, 0.1) is 0 Å². The van der Waals surface area contributed by atoms with Crippen molar-refractivity contribution in [3.8, 4) is 0 Å². The van der Waals surface area contributed by atoms with Gasteiger partial charge in [0, 0.05) is 31.2 Å². The molecule has 1 N–H and O–H groups in total. The lowest BCUT2D eigenvalue weighted by molar-refractivity contribution is 0.0656. The average Bonchev–Trinajstić information content (AvgIpc) is 2.56. The van der Waals surface area contributed by atoms with Gasteiger partial charge in [-0.3, -0.25) is 4.79 Å². The summed E-state index contributed by atoms with van der Waals surface area (Å²) >= 11 is 4.04. The Balaban J connectivity index is 0.00000176. The number of thioether (sulfide) groups is 2. The summed E-state index contributed by atoms with van der Waals surface area (Å²) in [6.07, 6.45) is 1.31. The van der Waals surface area contributed by atoms with Gasteiger partial charge < -0.3 is 10.2 Å². The van der Waals surface area contributed by atoms with Crippen molar-refractivity contribution in [3.05, 3.63) is 35.4 Å². The van der Waals surface area contributed by atoms with Gasteiger partial charge in [0.2, 0.25) is 0 Å². The van der Waals surface area contributed by atoms with Crippen LogP contribution in [0.15, 0.2) is 24.3 Å². The van der Waals surface area contributed by atoms with Crippen molar-refractivity contribution in [3.63, 3.8) is 0 Å². The maximum atomic E-state index is 12.6. The van der Waals surface area contributed by atoms with Gasteiger partial charge in [0.15, 0.2) is 0 Å². The Labute approximate surface area is 147 Å². The molecule has 0 spiro atoms. The molecule has 2 fully saturated rings. The summed E-state index contributed by atoms with van der Waals surface area (Å²) < 4.78 is 0.543. The molecule has 3 rings (SSSR count). The van der Waals surface area contributed by atoms with Gasteiger partial charge in [-0.05, 0) is 42.5 Å². The van der Waals surface area contributed by atoms with Crippen molar-refractivity contribution in [2.45, 2.75) is 24.0 Å². The van der Waals surface area contributed by atoms with Crippen LogP contribution >= 0.6 is 35.9 Å². The predicted octanol–water partition coefficient (Wildman–Crippen LogP) is 3.41. The monoisotopic (exact) mass is 358 g/mol. The molecule has 6 heteroatoms. The molecule has 2 aliphatic heterocycles. The number of hydrogen-bond donors (Lipinski definition) is 1. The highest BCUT2D eigenvalue weighted by atomic mass is 35.5. The van der Waals surface area contributed by atoms with Gasteiger partial charge in [-0.1, -0.05) is 12.1 Å². The first-order chi connectivity index (χ1) is 10.3. The molecule has 0 radical (unpaired) electrons. The van der Waals surface area contributed by atoms with Crippen LogP contribution in [0.4, 0.5) is 0 Å². The number of piperazine rings is 1. The third-order valence-corrected chi connectivity index (χ3v) is 7.03. The van der Waals surface area contributed by atoms with Gasteiger partial charge in [0.25, 0.3) is 5.91 Å². The highest BCUT2D eigenvalue weighted by Gasteiger charge is 2.24. The van der Waals surface area contributed by atoms with Crippen LogP contribution in [-0.4, -0.2) is 48.0 Å². The standard InChI is InChI=1S/C16H22N2OS2.ClH/c1-12-11-17-7-8-18(12)15(19)13-3-5-14(6-4-13)16-20-9-2-10-21-16;/h3-6,12,16-17H,2,7-11H2,1H3;1H/t12-;/m1./s1. The van der Waals surface area contributed by atoms with E-state index in [1.165, 1.54) is 23.5 Å². The van der Waals surface area contributed by atoms with E-state index in [0.717, 1.165) is 25.2 Å². The molecule has 0 saturated carbocycles. The molecule has 22 heavy (non-hydrogen) atoms. The Bertz CT molecular complexity index is 491. The van der Waals surface area contributed by atoms with E-state index >= 15 is 0 Å². The molecule has 0 aliphatic carbocycles. The van der Waals surface area contributed by atoms with Crippen LogP contribution in [0.1, 0.15) is 33.8 Å². The largest absolute Gasteiger partial charge is 0.333 e. The maximum Gasteiger partial charge on any atom is 0.254 e. The highest BCUT2D eigenvalue weighted by Crippen LogP contribution is 2.43. The quantitative estimate of drug-likeness (QED) is 0.878. The van der Waals surface area contributed by atoms with E-state index in [9.17, 15) is 4.79 Å². The Morgan fingerprint density at radius 3 is 2.55 bits per heavy atom. The molecule has 1 atom stereocenters. The Kier molecular flexibility index (Phi) is 6.93. The van der Waals surface area contributed by atoms with Gasteiger partial charge in [-0.25, -0.2) is 0 Å². The number of amides is 1. The van der Waals surface area contributed by atoms with E-state index < -0.39 is 0 Å². The summed E-state index contributed by atoms with van der Waals surface area (Å²) in [7, 11) is 0. The number of carbonyl (C=O) groups is 1. The zero-order chi connectivity index (χ0) is 14.7. The molecule has 2 saturated heterocycles. The summed E-state index contributed by atoms with van der Waals surface area (Å²) in [6, 6.07) is 8.55. The van der Waals surface area contributed by atoms with E-state index in [0.29, 0.717) is 4.58 Å². The van der Waals surface area contributed by atoms with Crippen molar-refractivity contribution in [2.75, 3.05) is 31.1 Å². The van der Waals surface area contributed by atoms with E-state index in [1.54, 1.807) is 0 Å². The van der Waals surface area contributed by atoms with Gasteiger partial charge in [-0.15, -0.1) is 35.9 Å². The third-order valence-electron chi connectivity index (χ3n) is 4.02. The normalized spacial score (nSPS) is 23.0. The lowest BCUT2D eigenvalue weighted by Crippen LogP contribution is -2.52. The van der Waals surface area contributed by atoms with Crippen molar-refractivity contribution in [2.24, 2.45) is 0 Å². The van der Waals surface area contributed by atoms with Crippen LogP contribution in [0.5, 0.6) is 0 Å². The summed E-state index contributed by atoms with van der Waals surface area (Å²) in [6.45, 7) is 4.69. The van der Waals surface area contributed by atoms with Crippen molar-refractivity contribution in [1.82, 2.24) is 10.2 Å². The van der Waals surface area contributed by atoms with Gasteiger partial charge in [-0.2, -0.15) is 0 Å². The molecular formula is C16H23ClN2OS2. The fraction of sp³-hybridized carbons (Fsp3) is 0.562. The molecule has 1 aromatic rings. The van der Waals surface area contributed by atoms with E-state index in [1.807, 2.05) is 40.6 Å². The number of nitrogens with zero attached hydrogens (tertiary/aromatic N) is 1. The number of nitrogens with one attached hydrogen (secondary N) is 1. The molecule has 2 heterocycles. The minimum atomic E-state index is 0. The van der Waals surface area contributed by atoms with Gasteiger partial charge in [0.05, 0.1) is 4.58 Å². The average molecular weight is 359 g/mol. The second-order valence-corrected chi connectivity index (χ2v) is 8.33. The van der Waals surface area contributed by atoms with E-state index in [2.05, 4.69) is 24.4 Å². The van der Waals surface area contributed by atoms with Gasteiger partial charge in [0.1, 0.15) is 0 Å². The Morgan fingerprint density at radius 1 is 1.23 bits per heavy atom. The van der Waals surface area contributed by atoms with E-state index in [-0.39, 0.29) is 24.4 Å². The molecule has 3 nitrogen and oxygen atoms in total. The first-order valence-electron chi connectivity index (χ1n) is 7.60. The fourth-order valence-corrected chi connectivity index (χ4v) is 5.67. The zero-order valence-electron chi connectivity index (χ0n) is 12.8. The van der Waals surface area contributed by atoms with Crippen LogP contribution in [0.3, 0.4) is 0 Å². The summed E-state index contributed by atoms with van der Waals surface area (Å²) in [5.41, 5.74) is 2.16. The summed E-state index contributed by atoms with van der Waals surface area (Å²) in [4.78, 5) is 14.6. The first-order valence-corrected chi connectivity index (χ1v) is 9.70. The zero-order valence-corrected chi connectivity index (χ0v) is 15.2. The maximum absolute atomic E-state index is 12.6. The fourth-order valence-electron chi connectivity index (χ4n) is 2.77. The number of hydrogen-bond acceptors (Lipinski definition) is 4. The topological polar surface area (TPSA) is 32.3 Å². The molecule has 2 aliphatic rings. The third kappa shape index (κ3) is 4.13. The van der Waals surface area contributed by atoms with Crippen molar-refractivity contribution in [1.29, 1.82) is 0 Å². The first kappa shape index (κ1) is 18.0.